The van der Waals surface area contributed by atoms with Crippen molar-refractivity contribution in [3.05, 3.63) is 156 Å². The van der Waals surface area contributed by atoms with Crippen molar-refractivity contribution in [1.82, 2.24) is 8.61 Å². The van der Waals surface area contributed by atoms with Gasteiger partial charge < -0.3 is 4.43 Å². The highest BCUT2D eigenvalue weighted by Gasteiger charge is 2.53. The van der Waals surface area contributed by atoms with Gasteiger partial charge >= 0.3 is 0 Å². The van der Waals surface area contributed by atoms with Gasteiger partial charge in [0.2, 0.25) is 0 Å². The molecular formula is C42H48N2O5S2Si. The Morgan fingerprint density at radius 1 is 0.654 bits per heavy atom. The zero-order chi connectivity index (χ0) is 37.1. The lowest BCUT2D eigenvalue weighted by atomic mass is 10.2. The second-order valence-corrected chi connectivity index (χ2v) is 23.0. The van der Waals surface area contributed by atoms with Crippen molar-refractivity contribution >= 4 is 38.7 Å². The van der Waals surface area contributed by atoms with Gasteiger partial charge in [-0.05, 0) is 65.5 Å². The van der Waals surface area contributed by atoms with Crippen LogP contribution in [-0.4, -0.2) is 59.0 Å². The van der Waals surface area contributed by atoms with E-state index in [9.17, 15) is 16.8 Å². The molecular weight excluding hydrogens is 705 g/mol. The number of hydrogen-bond acceptors (Lipinski definition) is 6. The highest BCUT2D eigenvalue weighted by Crippen LogP contribution is 2.40. The minimum absolute atomic E-state index is 0.0681. The lowest BCUT2D eigenvalue weighted by Crippen LogP contribution is -2.67. The summed E-state index contributed by atoms with van der Waals surface area (Å²) in [6.45, 7) is 11.2. The van der Waals surface area contributed by atoms with E-state index >= 15 is 0 Å². The lowest BCUT2D eigenvalue weighted by Gasteiger charge is -2.44. The summed E-state index contributed by atoms with van der Waals surface area (Å²) in [5.41, 5.74) is 2.80. The number of rotatable bonds is 12. The van der Waals surface area contributed by atoms with E-state index in [2.05, 4.69) is 74.2 Å². The number of nitrogens with zero attached hydrogens (tertiary/aromatic N) is 2. The van der Waals surface area contributed by atoms with E-state index in [4.69, 9.17) is 4.43 Å². The molecule has 2 atom stereocenters. The van der Waals surface area contributed by atoms with Crippen LogP contribution in [0, 0.1) is 13.8 Å². The standard InChI is InChI=1S/C42H48N2O5S2Si/c1-33-21-25-38(26-22-33)50(45,46)44(51(47,48)39-27-23-34(2)24-28-39)31-36-29-37(32-43(36)30-35-15-9-6-10-16-35)49-52(42(3,4)5,40-17-11-7-12-18-40)41-19-13-8-14-20-41/h6-28,36-37H,29-32H2,1-5H3/t36-,37+/m0/s1. The van der Waals surface area contributed by atoms with Gasteiger partial charge in [0.05, 0.1) is 15.9 Å². The molecule has 5 aromatic carbocycles. The fraction of sp³-hybridized carbons (Fsp3) is 0.286. The zero-order valence-corrected chi connectivity index (χ0v) is 33.1. The molecule has 0 N–H and O–H groups in total. The summed E-state index contributed by atoms with van der Waals surface area (Å²) in [5.74, 6) is 0. The van der Waals surface area contributed by atoms with Crippen LogP contribution in [0.2, 0.25) is 5.04 Å². The second-order valence-electron chi connectivity index (χ2n) is 14.8. The van der Waals surface area contributed by atoms with Crippen LogP contribution in [0.3, 0.4) is 0 Å². The second kappa shape index (κ2) is 15.2. The van der Waals surface area contributed by atoms with Gasteiger partial charge in [-0.2, -0.15) is 0 Å². The maximum Gasteiger partial charge on any atom is 0.261 e. The number of sulfonamides is 2. The van der Waals surface area contributed by atoms with Crippen LogP contribution >= 0.6 is 0 Å². The molecule has 1 heterocycles. The minimum Gasteiger partial charge on any atom is -0.403 e. The Bertz CT molecular complexity index is 2040. The van der Waals surface area contributed by atoms with E-state index < -0.39 is 34.4 Å². The van der Waals surface area contributed by atoms with Crippen LogP contribution in [0.25, 0.3) is 0 Å². The van der Waals surface area contributed by atoms with Crippen LogP contribution in [0.4, 0.5) is 0 Å². The van der Waals surface area contributed by atoms with Crippen molar-refractivity contribution in [3.63, 3.8) is 0 Å². The fourth-order valence-corrected chi connectivity index (χ4v) is 15.7. The predicted molar refractivity (Wildman–Crippen MR) is 211 cm³/mol. The summed E-state index contributed by atoms with van der Waals surface area (Å²) in [5, 5.41) is 2.03. The molecule has 1 fully saturated rings. The van der Waals surface area contributed by atoms with Crippen molar-refractivity contribution in [3.8, 4) is 0 Å². The van der Waals surface area contributed by atoms with Crippen LogP contribution in [0.1, 0.15) is 43.9 Å². The van der Waals surface area contributed by atoms with Crippen molar-refractivity contribution in [1.29, 1.82) is 0 Å². The highest BCUT2D eigenvalue weighted by atomic mass is 32.3. The molecule has 1 saturated heterocycles. The molecule has 1 aliphatic heterocycles. The van der Waals surface area contributed by atoms with Crippen LogP contribution < -0.4 is 10.4 Å². The number of aryl methyl sites for hydroxylation is 2. The molecule has 0 aromatic heterocycles. The van der Waals surface area contributed by atoms with Gasteiger partial charge in [0, 0.05) is 25.7 Å². The van der Waals surface area contributed by atoms with E-state index in [1.54, 1.807) is 24.3 Å². The average molecular weight is 753 g/mol. The molecule has 0 bridgehead atoms. The van der Waals surface area contributed by atoms with Crippen molar-refractivity contribution in [2.24, 2.45) is 0 Å². The normalized spacial score (nSPS) is 17.4. The van der Waals surface area contributed by atoms with E-state index in [0.29, 0.717) is 19.5 Å². The maximum atomic E-state index is 14.5. The molecule has 7 nitrogen and oxygen atoms in total. The Kier molecular flexibility index (Phi) is 11.1. The summed E-state index contributed by atoms with van der Waals surface area (Å²) in [6, 6.07) is 43.1. The Labute approximate surface area is 311 Å². The summed E-state index contributed by atoms with van der Waals surface area (Å²) in [6.07, 6.45) is 0.145. The smallest absolute Gasteiger partial charge is 0.261 e. The van der Waals surface area contributed by atoms with Gasteiger partial charge in [-0.3, -0.25) is 4.90 Å². The summed E-state index contributed by atoms with van der Waals surface area (Å²) < 4.78 is 66.3. The number of likely N-dealkylation sites (tertiary alicyclic amines) is 1. The fourth-order valence-electron chi connectivity index (χ4n) is 7.32. The molecule has 0 amide bonds. The topological polar surface area (TPSA) is 84.0 Å². The first kappa shape index (κ1) is 37.8. The molecule has 0 radical (unpaired) electrons. The maximum absolute atomic E-state index is 14.5. The predicted octanol–water partition coefficient (Wildman–Crippen LogP) is 6.90. The van der Waals surface area contributed by atoms with E-state index in [1.165, 1.54) is 24.3 Å². The Balaban J connectivity index is 1.44. The van der Waals surface area contributed by atoms with E-state index in [0.717, 1.165) is 30.8 Å². The van der Waals surface area contributed by atoms with Crippen LogP contribution in [0.15, 0.2) is 149 Å². The van der Waals surface area contributed by atoms with Gasteiger partial charge in [-0.1, -0.05) is 151 Å². The van der Waals surface area contributed by atoms with Crippen LogP contribution in [-0.2, 0) is 31.0 Å². The zero-order valence-electron chi connectivity index (χ0n) is 30.5. The Morgan fingerprint density at radius 2 is 1.08 bits per heavy atom. The monoisotopic (exact) mass is 752 g/mol. The molecule has 52 heavy (non-hydrogen) atoms. The van der Waals surface area contributed by atoms with Crippen LogP contribution in [0.5, 0.6) is 0 Å². The van der Waals surface area contributed by atoms with Gasteiger partial charge in [0.25, 0.3) is 28.4 Å². The number of hydrogen-bond donors (Lipinski definition) is 0. The summed E-state index contributed by atoms with van der Waals surface area (Å²) >= 11 is 0. The third-order valence-corrected chi connectivity index (χ3v) is 19.4. The summed E-state index contributed by atoms with van der Waals surface area (Å²) in [4.78, 5) is 2.06. The van der Waals surface area contributed by atoms with Crippen molar-refractivity contribution in [2.45, 2.75) is 74.6 Å². The van der Waals surface area contributed by atoms with Crippen molar-refractivity contribution < 1.29 is 21.3 Å². The quantitative estimate of drug-likeness (QED) is 0.129. The first-order valence-corrected chi connectivity index (χ1v) is 22.5. The SMILES string of the molecule is Cc1ccc(S(=O)(=O)N(C[C@@H]2C[C@@H](O[Si](c3ccccc3)(c3ccccc3)C(C)(C)C)CN2Cc2ccccc2)S(=O)(=O)c2ccc(C)cc2)cc1. The first-order chi connectivity index (χ1) is 24.7. The molecule has 0 spiro atoms. The van der Waals surface area contributed by atoms with Gasteiger partial charge in [0.1, 0.15) is 0 Å². The molecule has 10 heteroatoms. The summed E-state index contributed by atoms with van der Waals surface area (Å²) in [7, 11) is -12.0. The molecule has 0 saturated carbocycles. The van der Waals surface area contributed by atoms with Gasteiger partial charge in [0.15, 0.2) is 0 Å². The van der Waals surface area contributed by atoms with Gasteiger partial charge in [-0.25, -0.2) is 16.8 Å². The third kappa shape index (κ3) is 7.73. The molecule has 5 aromatic rings. The van der Waals surface area contributed by atoms with Gasteiger partial charge in [-0.15, -0.1) is 0 Å². The van der Waals surface area contributed by atoms with Crippen molar-refractivity contribution in [2.75, 3.05) is 13.1 Å². The van der Waals surface area contributed by atoms with E-state index in [1.807, 2.05) is 56.3 Å². The molecule has 1 aliphatic rings. The molecule has 6 rings (SSSR count). The molecule has 0 aliphatic carbocycles. The minimum atomic E-state index is -4.49. The largest absolute Gasteiger partial charge is 0.403 e. The Morgan fingerprint density at radius 3 is 1.50 bits per heavy atom. The third-order valence-electron chi connectivity index (χ3n) is 10.0. The number of benzene rings is 5. The molecule has 272 valence electrons. The lowest BCUT2D eigenvalue weighted by molar-refractivity contribution is 0.181. The average Bonchev–Trinajstić information content (AvgIpc) is 3.50. The first-order valence-electron chi connectivity index (χ1n) is 17.7. The molecule has 0 unspecified atom stereocenters. The highest BCUT2D eigenvalue weighted by molar-refractivity contribution is 8.04. The Hall–Kier alpha value is -3.90. The van der Waals surface area contributed by atoms with E-state index in [-0.39, 0.29) is 27.5 Å².